The quantitative estimate of drug-likeness (QED) is 0.208. The molecule has 3 atom stereocenters. The molecule has 2 aromatic heterocycles. The molecule has 0 spiro atoms. The molecule has 0 amide bonds. The van der Waals surface area contributed by atoms with Crippen LogP contribution in [-0.4, -0.2) is 45.5 Å². The minimum Gasteiger partial charge on any atom is -0.305 e. The van der Waals surface area contributed by atoms with Gasteiger partial charge in [-0.3, -0.25) is 19.5 Å². The molecule has 1 fully saturated rings. The second-order valence-corrected chi connectivity index (χ2v) is 12.1. The number of aromatic nitrogens is 2. The van der Waals surface area contributed by atoms with E-state index in [9.17, 15) is 23.2 Å². The number of ketones is 2. The molecule has 0 aliphatic carbocycles. The molecular weight excluding hydrogens is 560 g/mol. The van der Waals surface area contributed by atoms with Crippen LogP contribution >= 0.6 is 11.6 Å². The first-order valence-corrected chi connectivity index (χ1v) is 14.8. The van der Waals surface area contributed by atoms with Crippen molar-refractivity contribution in [3.05, 3.63) is 87.1 Å². The first-order chi connectivity index (χ1) is 20.0. The highest BCUT2D eigenvalue weighted by atomic mass is 35.5. The van der Waals surface area contributed by atoms with E-state index in [0.717, 1.165) is 28.7 Å². The molecule has 1 saturated heterocycles. The molecule has 1 aliphatic heterocycles. The second kappa shape index (κ2) is 13.8. The van der Waals surface area contributed by atoms with Crippen LogP contribution in [0.4, 0.5) is 8.78 Å². The maximum Gasteiger partial charge on any atom is 0.258 e. The number of aryl methyl sites for hydroxylation is 1. The average molecular weight is 598 g/mol. The molecule has 0 saturated carbocycles. The zero-order chi connectivity index (χ0) is 30.6. The van der Waals surface area contributed by atoms with Crippen molar-refractivity contribution in [2.75, 3.05) is 13.1 Å². The third kappa shape index (κ3) is 7.21. The lowest BCUT2D eigenvalue weighted by Crippen LogP contribution is -2.46. The lowest BCUT2D eigenvalue weighted by molar-refractivity contribution is -0.123. The fourth-order valence-electron chi connectivity index (χ4n) is 5.80. The smallest absolute Gasteiger partial charge is 0.258 e. The fourth-order valence-corrected chi connectivity index (χ4v) is 6.14. The first kappa shape index (κ1) is 31.7. The van der Waals surface area contributed by atoms with Gasteiger partial charge in [-0.1, -0.05) is 43.6 Å². The number of benzene rings is 1. The summed E-state index contributed by atoms with van der Waals surface area (Å²) in [6.45, 7) is 8.34. The van der Waals surface area contributed by atoms with Crippen LogP contribution in [0.5, 0.6) is 0 Å². The average Bonchev–Trinajstić information content (AvgIpc) is 2.89. The molecule has 6 nitrogen and oxygen atoms in total. The summed E-state index contributed by atoms with van der Waals surface area (Å²) in [5.41, 5.74) is 2.73. The van der Waals surface area contributed by atoms with Gasteiger partial charge in [0.05, 0.1) is 6.04 Å². The Labute approximate surface area is 250 Å². The SMILES string of the molecule is CC(=O)C[C@H](CC(=O)[C@H](CC(C)C)n1cccc(C(C(F)F)N2CCC2)c1=O)c1cncc(-c2c(C)cccc2Cl)c1. The molecule has 3 aromatic rings. The van der Waals surface area contributed by atoms with Gasteiger partial charge in [0.25, 0.3) is 12.0 Å². The van der Waals surface area contributed by atoms with Crippen LogP contribution in [0.2, 0.25) is 5.02 Å². The van der Waals surface area contributed by atoms with Crippen molar-refractivity contribution >= 4 is 23.2 Å². The summed E-state index contributed by atoms with van der Waals surface area (Å²) in [5, 5.41) is 0.574. The predicted octanol–water partition coefficient (Wildman–Crippen LogP) is 7.19. The Bertz CT molecular complexity index is 1470. The summed E-state index contributed by atoms with van der Waals surface area (Å²) >= 11 is 6.51. The summed E-state index contributed by atoms with van der Waals surface area (Å²) in [6.07, 6.45) is 3.41. The van der Waals surface area contributed by atoms with Crippen molar-refractivity contribution in [2.45, 2.75) is 77.8 Å². The molecule has 1 unspecified atom stereocenters. The minimum absolute atomic E-state index is 0.000975. The van der Waals surface area contributed by atoms with Gasteiger partial charge in [-0.05, 0) is 67.9 Å². The maximum atomic E-state index is 14.1. The number of rotatable bonds is 13. The number of alkyl halides is 2. The van der Waals surface area contributed by atoms with E-state index in [4.69, 9.17) is 11.6 Å². The molecule has 9 heteroatoms. The van der Waals surface area contributed by atoms with Crippen molar-refractivity contribution in [1.29, 1.82) is 0 Å². The Morgan fingerprint density at radius 1 is 1.07 bits per heavy atom. The Balaban J connectivity index is 1.70. The molecule has 3 heterocycles. The van der Waals surface area contributed by atoms with Gasteiger partial charge in [-0.15, -0.1) is 0 Å². The van der Waals surface area contributed by atoms with Gasteiger partial charge >= 0.3 is 0 Å². The molecule has 1 aliphatic rings. The van der Waals surface area contributed by atoms with Crippen molar-refractivity contribution in [3.63, 3.8) is 0 Å². The fraction of sp³-hybridized carbons (Fsp3) is 0.455. The first-order valence-electron chi connectivity index (χ1n) is 14.4. The topological polar surface area (TPSA) is 72.3 Å². The number of halogens is 3. The number of nitrogens with zero attached hydrogens (tertiary/aromatic N) is 3. The Morgan fingerprint density at radius 2 is 1.81 bits per heavy atom. The van der Waals surface area contributed by atoms with Crippen LogP contribution in [0.15, 0.2) is 59.8 Å². The number of hydrogen-bond acceptors (Lipinski definition) is 5. The highest BCUT2D eigenvalue weighted by molar-refractivity contribution is 6.33. The van der Waals surface area contributed by atoms with Crippen LogP contribution in [-0.2, 0) is 9.59 Å². The highest BCUT2D eigenvalue weighted by Crippen LogP contribution is 2.35. The summed E-state index contributed by atoms with van der Waals surface area (Å²) < 4.78 is 29.6. The van der Waals surface area contributed by atoms with Crippen molar-refractivity contribution < 1.29 is 18.4 Å². The monoisotopic (exact) mass is 597 g/mol. The van der Waals surface area contributed by atoms with E-state index >= 15 is 0 Å². The normalized spacial score (nSPS) is 15.8. The molecule has 1 aromatic carbocycles. The van der Waals surface area contributed by atoms with Crippen molar-refractivity contribution in [1.82, 2.24) is 14.5 Å². The lowest BCUT2D eigenvalue weighted by atomic mass is 9.85. The lowest BCUT2D eigenvalue weighted by Gasteiger charge is -2.38. The number of Topliss-reactive ketones (excluding diaryl/α,β-unsaturated/α-hetero) is 2. The standard InChI is InChI=1S/C33H38ClF2N3O3/c1-20(2)14-28(39-13-6-9-26(33(39)42)31(32(35)36)38-11-7-12-38)29(41)17-23(15-22(4)40)24-16-25(19-37-18-24)30-21(3)8-5-10-27(30)34/h5-6,8-10,13,16,18-20,23,28,31-32H,7,11-12,14-15,17H2,1-4H3/t23-,28+,31?/m1/s1. The summed E-state index contributed by atoms with van der Waals surface area (Å²) in [6, 6.07) is 8.38. The predicted molar refractivity (Wildman–Crippen MR) is 161 cm³/mol. The molecule has 0 N–H and O–H groups in total. The van der Waals surface area contributed by atoms with E-state index in [1.54, 1.807) is 29.4 Å². The number of carbonyl (C=O) groups excluding carboxylic acids is 2. The molecule has 4 rings (SSSR count). The summed E-state index contributed by atoms with van der Waals surface area (Å²) in [5.74, 6) is -0.740. The number of carbonyl (C=O) groups is 2. The summed E-state index contributed by atoms with van der Waals surface area (Å²) in [4.78, 5) is 46.0. The van der Waals surface area contributed by atoms with E-state index in [0.29, 0.717) is 24.5 Å². The maximum absolute atomic E-state index is 14.1. The van der Waals surface area contributed by atoms with Crippen LogP contribution in [0.25, 0.3) is 11.1 Å². The van der Waals surface area contributed by atoms with E-state index < -0.39 is 30.0 Å². The second-order valence-electron chi connectivity index (χ2n) is 11.7. The van der Waals surface area contributed by atoms with Gasteiger partial charge in [0.15, 0.2) is 5.78 Å². The van der Waals surface area contributed by atoms with Gasteiger partial charge in [-0.25, -0.2) is 8.78 Å². The largest absolute Gasteiger partial charge is 0.305 e. The molecule has 0 bridgehead atoms. The van der Waals surface area contributed by atoms with Gasteiger partial charge in [-0.2, -0.15) is 0 Å². The van der Waals surface area contributed by atoms with Gasteiger partial charge in [0.2, 0.25) is 0 Å². The number of likely N-dealkylation sites (tertiary alicyclic amines) is 1. The third-order valence-electron chi connectivity index (χ3n) is 7.97. The zero-order valence-corrected chi connectivity index (χ0v) is 25.3. The summed E-state index contributed by atoms with van der Waals surface area (Å²) in [7, 11) is 0. The minimum atomic E-state index is -2.73. The zero-order valence-electron chi connectivity index (χ0n) is 24.5. The highest BCUT2D eigenvalue weighted by Gasteiger charge is 2.36. The molecule has 42 heavy (non-hydrogen) atoms. The van der Waals surface area contributed by atoms with E-state index in [-0.39, 0.29) is 35.9 Å². The van der Waals surface area contributed by atoms with Crippen LogP contribution < -0.4 is 5.56 Å². The van der Waals surface area contributed by atoms with Crippen molar-refractivity contribution in [2.24, 2.45) is 5.92 Å². The third-order valence-corrected chi connectivity index (χ3v) is 8.29. The van der Waals surface area contributed by atoms with E-state index in [1.807, 2.05) is 39.0 Å². The molecular formula is C33H38ClF2N3O3. The van der Waals surface area contributed by atoms with Gasteiger partial charge in [0.1, 0.15) is 11.8 Å². The Morgan fingerprint density at radius 3 is 2.40 bits per heavy atom. The molecule has 0 radical (unpaired) electrons. The van der Waals surface area contributed by atoms with Gasteiger partial charge in [0, 0.05) is 66.2 Å². The van der Waals surface area contributed by atoms with Crippen LogP contribution in [0.1, 0.15) is 81.1 Å². The Kier molecular flexibility index (Phi) is 10.4. The van der Waals surface area contributed by atoms with E-state index in [2.05, 4.69) is 4.98 Å². The number of hydrogen-bond donors (Lipinski definition) is 0. The Hall–Kier alpha value is -3.23. The number of pyridine rings is 2. The van der Waals surface area contributed by atoms with Gasteiger partial charge < -0.3 is 9.36 Å². The van der Waals surface area contributed by atoms with Crippen LogP contribution in [0, 0.1) is 12.8 Å². The van der Waals surface area contributed by atoms with Crippen LogP contribution in [0.3, 0.4) is 0 Å². The van der Waals surface area contributed by atoms with Crippen molar-refractivity contribution in [3.8, 4) is 11.1 Å². The molecule has 224 valence electrons. The van der Waals surface area contributed by atoms with E-state index in [1.165, 1.54) is 23.8 Å².